The molecule has 1 fully saturated rings. The molecular weight excluding hydrogens is 394 g/mol. The standard InChI is InChI=1S/C24H27N3O4/c1-24-13-11-22(29)27(24)19-8-3-2-6-17(19)23(30)26(24)14-5-10-21(28)25-18-7-4-9-20-16(18)12-15-31-20/h2-3,6,8,12,15,18H,4-5,7,9-11,13-14H2,1H3,(H,25,28). The van der Waals surface area contributed by atoms with Gasteiger partial charge < -0.3 is 14.6 Å². The maximum Gasteiger partial charge on any atom is 0.257 e. The number of furan rings is 1. The summed E-state index contributed by atoms with van der Waals surface area (Å²) < 4.78 is 5.50. The smallest absolute Gasteiger partial charge is 0.257 e. The molecule has 31 heavy (non-hydrogen) atoms. The molecule has 7 heteroatoms. The highest BCUT2D eigenvalue weighted by Crippen LogP contribution is 2.44. The molecule has 2 aromatic rings. The van der Waals surface area contributed by atoms with Crippen LogP contribution in [-0.2, 0) is 16.0 Å². The molecule has 3 amide bonds. The lowest BCUT2D eigenvalue weighted by Crippen LogP contribution is -2.62. The number of benzene rings is 1. The highest BCUT2D eigenvalue weighted by molar-refractivity contribution is 6.10. The fraction of sp³-hybridized carbons (Fsp3) is 0.458. The molecular formula is C24H27N3O4. The molecule has 2 aliphatic heterocycles. The fourth-order valence-electron chi connectivity index (χ4n) is 5.34. The van der Waals surface area contributed by atoms with Crippen LogP contribution < -0.4 is 10.2 Å². The molecule has 2 atom stereocenters. The first kappa shape index (κ1) is 19.8. The molecule has 1 saturated heterocycles. The van der Waals surface area contributed by atoms with E-state index in [4.69, 9.17) is 4.42 Å². The zero-order valence-corrected chi connectivity index (χ0v) is 17.7. The molecule has 2 unspecified atom stereocenters. The number of amides is 3. The van der Waals surface area contributed by atoms with E-state index >= 15 is 0 Å². The molecule has 0 bridgehead atoms. The number of rotatable bonds is 5. The molecule has 3 heterocycles. The van der Waals surface area contributed by atoms with Crippen LogP contribution in [0.15, 0.2) is 41.0 Å². The lowest BCUT2D eigenvalue weighted by Gasteiger charge is -2.48. The summed E-state index contributed by atoms with van der Waals surface area (Å²) in [6.07, 6.45) is 6.41. The summed E-state index contributed by atoms with van der Waals surface area (Å²) >= 11 is 0. The van der Waals surface area contributed by atoms with Gasteiger partial charge in [-0.05, 0) is 50.8 Å². The lowest BCUT2D eigenvalue weighted by atomic mass is 9.93. The Morgan fingerprint density at radius 2 is 2.06 bits per heavy atom. The first-order chi connectivity index (χ1) is 15.0. The number of hydrogen-bond donors (Lipinski definition) is 1. The SMILES string of the molecule is CC12CCC(=O)N1c1ccccc1C(=O)N2CCCC(=O)NC1CCCc2occc21. The molecule has 5 rings (SSSR count). The van der Waals surface area contributed by atoms with Crippen LogP contribution in [0.4, 0.5) is 5.69 Å². The highest BCUT2D eigenvalue weighted by Gasteiger charge is 2.52. The number of carbonyl (C=O) groups is 3. The van der Waals surface area contributed by atoms with Gasteiger partial charge in [0.15, 0.2) is 0 Å². The maximum atomic E-state index is 13.2. The molecule has 0 saturated carbocycles. The predicted molar refractivity (Wildman–Crippen MR) is 114 cm³/mol. The number of fused-ring (bicyclic) bond motifs is 4. The first-order valence-corrected chi connectivity index (χ1v) is 11.1. The number of carbonyl (C=O) groups excluding carboxylic acids is 3. The number of anilines is 1. The van der Waals surface area contributed by atoms with Gasteiger partial charge in [-0.25, -0.2) is 0 Å². The van der Waals surface area contributed by atoms with Crippen molar-refractivity contribution in [3.63, 3.8) is 0 Å². The average molecular weight is 421 g/mol. The highest BCUT2D eigenvalue weighted by atomic mass is 16.3. The van der Waals surface area contributed by atoms with Gasteiger partial charge in [0.2, 0.25) is 11.8 Å². The van der Waals surface area contributed by atoms with Crippen LogP contribution in [0.1, 0.15) is 73.2 Å². The van der Waals surface area contributed by atoms with Crippen molar-refractivity contribution < 1.29 is 18.8 Å². The van der Waals surface area contributed by atoms with Crippen LogP contribution in [0.2, 0.25) is 0 Å². The monoisotopic (exact) mass is 421 g/mol. The Bertz CT molecular complexity index is 1040. The van der Waals surface area contributed by atoms with Gasteiger partial charge in [0.05, 0.1) is 23.6 Å². The van der Waals surface area contributed by atoms with E-state index in [1.807, 2.05) is 31.2 Å². The van der Waals surface area contributed by atoms with E-state index in [0.29, 0.717) is 43.5 Å². The number of nitrogens with zero attached hydrogens (tertiary/aromatic N) is 2. The molecule has 1 aliphatic carbocycles. The van der Waals surface area contributed by atoms with Crippen molar-refractivity contribution in [2.24, 2.45) is 0 Å². The summed E-state index contributed by atoms with van der Waals surface area (Å²) in [4.78, 5) is 42.0. The predicted octanol–water partition coefficient (Wildman–Crippen LogP) is 3.55. The second-order valence-corrected chi connectivity index (χ2v) is 8.84. The van der Waals surface area contributed by atoms with Gasteiger partial charge in [0.25, 0.3) is 5.91 Å². The molecule has 1 aromatic heterocycles. The first-order valence-electron chi connectivity index (χ1n) is 11.1. The van der Waals surface area contributed by atoms with E-state index in [1.165, 1.54) is 0 Å². The minimum Gasteiger partial charge on any atom is -0.469 e. The number of para-hydroxylation sites is 1. The van der Waals surface area contributed by atoms with Gasteiger partial charge in [-0.15, -0.1) is 0 Å². The van der Waals surface area contributed by atoms with Gasteiger partial charge in [-0.1, -0.05) is 12.1 Å². The number of hydrogen-bond acceptors (Lipinski definition) is 4. The minimum absolute atomic E-state index is 0.000965. The van der Waals surface area contributed by atoms with Gasteiger partial charge >= 0.3 is 0 Å². The fourth-order valence-corrected chi connectivity index (χ4v) is 5.34. The summed E-state index contributed by atoms with van der Waals surface area (Å²) in [5.41, 5.74) is 1.65. The minimum atomic E-state index is -0.673. The quantitative estimate of drug-likeness (QED) is 0.800. The van der Waals surface area contributed by atoms with Crippen LogP contribution in [0.25, 0.3) is 0 Å². The van der Waals surface area contributed by atoms with Gasteiger partial charge in [0, 0.05) is 31.4 Å². The van der Waals surface area contributed by atoms with Crippen LogP contribution in [0.5, 0.6) is 0 Å². The Morgan fingerprint density at radius 3 is 2.94 bits per heavy atom. The summed E-state index contributed by atoms with van der Waals surface area (Å²) in [5, 5.41) is 3.12. The molecule has 3 aliphatic rings. The van der Waals surface area contributed by atoms with E-state index < -0.39 is 5.66 Å². The van der Waals surface area contributed by atoms with E-state index in [-0.39, 0.29) is 23.8 Å². The second-order valence-electron chi connectivity index (χ2n) is 8.84. The molecule has 1 aromatic carbocycles. The van der Waals surface area contributed by atoms with Crippen molar-refractivity contribution in [2.45, 2.75) is 63.6 Å². The van der Waals surface area contributed by atoms with Crippen LogP contribution in [-0.4, -0.2) is 34.8 Å². The van der Waals surface area contributed by atoms with Gasteiger partial charge in [0.1, 0.15) is 11.4 Å². The summed E-state index contributed by atoms with van der Waals surface area (Å²) in [7, 11) is 0. The van der Waals surface area contributed by atoms with Crippen LogP contribution in [0, 0.1) is 0 Å². The summed E-state index contributed by atoms with van der Waals surface area (Å²) in [6, 6.07) is 9.23. The molecule has 162 valence electrons. The molecule has 7 nitrogen and oxygen atoms in total. The maximum absolute atomic E-state index is 13.2. The van der Waals surface area contributed by atoms with Crippen LogP contribution in [0.3, 0.4) is 0 Å². The van der Waals surface area contributed by atoms with Crippen LogP contribution >= 0.6 is 0 Å². The summed E-state index contributed by atoms with van der Waals surface area (Å²) in [5.74, 6) is 0.916. The Hall–Kier alpha value is -3.09. The van der Waals surface area contributed by atoms with E-state index in [2.05, 4.69) is 5.32 Å². The topological polar surface area (TPSA) is 82.9 Å². The Morgan fingerprint density at radius 1 is 1.23 bits per heavy atom. The third kappa shape index (κ3) is 3.23. The van der Waals surface area contributed by atoms with Crippen molar-refractivity contribution >= 4 is 23.4 Å². The average Bonchev–Trinajstić information content (AvgIpc) is 3.36. The molecule has 1 N–H and O–H groups in total. The molecule has 0 radical (unpaired) electrons. The van der Waals surface area contributed by atoms with E-state index in [9.17, 15) is 14.4 Å². The van der Waals surface area contributed by atoms with Crippen molar-refractivity contribution in [1.82, 2.24) is 10.2 Å². The number of nitrogens with one attached hydrogen (secondary N) is 1. The van der Waals surface area contributed by atoms with Gasteiger partial charge in [-0.3, -0.25) is 19.3 Å². The van der Waals surface area contributed by atoms with Gasteiger partial charge in [-0.2, -0.15) is 0 Å². The Labute approximate surface area is 181 Å². The zero-order chi connectivity index (χ0) is 21.6. The third-order valence-corrected chi connectivity index (χ3v) is 6.92. The zero-order valence-electron chi connectivity index (χ0n) is 17.7. The summed E-state index contributed by atoms with van der Waals surface area (Å²) in [6.45, 7) is 2.39. The second kappa shape index (κ2) is 7.55. The van der Waals surface area contributed by atoms with E-state index in [1.54, 1.807) is 22.1 Å². The largest absolute Gasteiger partial charge is 0.469 e. The molecule has 0 spiro atoms. The van der Waals surface area contributed by atoms with Crippen molar-refractivity contribution in [3.8, 4) is 0 Å². The number of aryl methyl sites for hydroxylation is 1. The van der Waals surface area contributed by atoms with E-state index in [0.717, 1.165) is 30.6 Å². The van der Waals surface area contributed by atoms with Crippen molar-refractivity contribution in [2.75, 3.05) is 11.4 Å². The van der Waals surface area contributed by atoms with Crippen molar-refractivity contribution in [1.29, 1.82) is 0 Å². The lowest BCUT2D eigenvalue weighted by molar-refractivity contribution is -0.122. The third-order valence-electron chi connectivity index (χ3n) is 6.92. The van der Waals surface area contributed by atoms with Crippen molar-refractivity contribution in [3.05, 3.63) is 53.5 Å². The Kier molecular flexibility index (Phi) is 4.84. The Balaban J connectivity index is 1.26. The normalized spacial score (nSPS) is 24.6.